The summed E-state index contributed by atoms with van der Waals surface area (Å²) in [6, 6.07) is 0. The summed E-state index contributed by atoms with van der Waals surface area (Å²) in [5.74, 6) is 1.25. The van der Waals surface area contributed by atoms with E-state index in [0.717, 1.165) is 0 Å². The van der Waals surface area contributed by atoms with Gasteiger partial charge in [0.05, 0.1) is 15.7 Å². The Labute approximate surface area is 67.6 Å². The van der Waals surface area contributed by atoms with Crippen LogP contribution in [0.15, 0.2) is 0 Å². The normalized spacial score (nSPS) is 17.8. The van der Waals surface area contributed by atoms with E-state index in [1.54, 1.807) is 0 Å². The van der Waals surface area contributed by atoms with Gasteiger partial charge in [-0.25, -0.2) is 0 Å². The Hall–Kier alpha value is 0.130. The lowest BCUT2D eigenvalue weighted by atomic mass is 9.58. The van der Waals surface area contributed by atoms with E-state index in [0.29, 0.717) is 11.8 Å². The van der Waals surface area contributed by atoms with E-state index in [9.17, 15) is 0 Å². The quantitative estimate of drug-likeness (QED) is 0.519. The summed E-state index contributed by atoms with van der Waals surface area (Å²) in [4.78, 5) is 0. The molecule has 2 heteroatoms. The third-order valence-electron chi connectivity index (χ3n) is 1.98. The molecule has 0 aromatic heterocycles. The van der Waals surface area contributed by atoms with Crippen molar-refractivity contribution in [2.45, 2.75) is 39.3 Å². The molecule has 0 N–H and O–H groups in total. The van der Waals surface area contributed by atoms with Gasteiger partial charge >= 0.3 is 0 Å². The fraction of sp³-hybridized carbons (Fsp3) is 1.00. The van der Waals surface area contributed by atoms with Gasteiger partial charge in [-0.3, -0.25) is 0 Å². The van der Waals surface area contributed by atoms with Crippen molar-refractivity contribution in [2.24, 2.45) is 11.8 Å². The lowest BCUT2D eigenvalue weighted by molar-refractivity contribution is 0.476. The van der Waals surface area contributed by atoms with Crippen molar-refractivity contribution in [3.8, 4) is 0 Å². The maximum Gasteiger partial charge on any atom is 0.0696 e. The van der Waals surface area contributed by atoms with Gasteiger partial charge in [-0.2, -0.15) is 0 Å². The van der Waals surface area contributed by atoms with Crippen molar-refractivity contribution >= 4 is 15.7 Å². The van der Waals surface area contributed by atoms with E-state index in [1.807, 2.05) is 0 Å². The molecule has 0 aliphatic heterocycles. The van der Waals surface area contributed by atoms with Crippen LogP contribution in [0.5, 0.6) is 0 Å². The summed E-state index contributed by atoms with van der Waals surface area (Å²) in [5, 5.41) is 0. The van der Waals surface area contributed by atoms with Crippen LogP contribution in [0.4, 0.5) is 0 Å². The molecule has 0 heterocycles. The summed E-state index contributed by atoms with van der Waals surface area (Å²) < 4.78 is 0. The van der Waals surface area contributed by atoms with Gasteiger partial charge in [0.1, 0.15) is 0 Å². The Morgan fingerprint density at radius 1 is 0.700 bits per heavy atom. The average Bonchev–Trinajstić information content (AvgIpc) is 1.84. The Kier molecular flexibility index (Phi) is 4.15. The first-order chi connectivity index (χ1) is 4.46. The Balaban J connectivity index is 3.81. The zero-order valence-electron chi connectivity index (χ0n) is 7.46. The number of hydrogen-bond donors (Lipinski definition) is 0. The summed E-state index contributed by atoms with van der Waals surface area (Å²) in [5.41, 5.74) is 0. The minimum absolute atomic E-state index is 0.139. The van der Waals surface area contributed by atoms with Crippen LogP contribution in [0.3, 0.4) is 0 Å². The predicted octanol–water partition coefficient (Wildman–Crippen LogP) is 2.21. The molecule has 0 bridgehead atoms. The molecule has 0 spiro atoms. The standard InChI is InChI=1S/C8H16B2/c1-5(2)7(9)8(10)6(3)4/h5-8H,1-4H3. The summed E-state index contributed by atoms with van der Waals surface area (Å²) in [6.07, 6.45) is 0. The van der Waals surface area contributed by atoms with Gasteiger partial charge in [0, 0.05) is 0 Å². The minimum Gasteiger partial charge on any atom is -0.0798 e. The topological polar surface area (TPSA) is 0 Å². The minimum atomic E-state index is 0.139. The fourth-order valence-corrected chi connectivity index (χ4v) is 0.889. The third kappa shape index (κ3) is 2.81. The van der Waals surface area contributed by atoms with Crippen LogP contribution in [-0.2, 0) is 0 Å². The molecule has 2 unspecified atom stereocenters. The van der Waals surface area contributed by atoms with E-state index < -0.39 is 0 Å². The number of rotatable bonds is 3. The Bertz CT molecular complexity index is 77.3. The van der Waals surface area contributed by atoms with E-state index in [1.165, 1.54) is 0 Å². The van der Waals surface area contributed by atoms with Crippen LogP contribution in [0.2, 0.25) is 11.6 Å². The van der Waals surface area contributed by atoms with Crippen molar-refractivity contribution in [2.75, 3.05) is 0 Å². The highest BCUT2D eigenvalue weighted by Crippen LogP contribution is 2.31. The van der Waals surface area contributed by atoms with Crippen molar-refractivity contribution < 1.29 is 0 Å². The molecule has 0 rings (SSSR count). The first-order valence-electron chi connectivity index (χ1n) is 3.98. The molecular weight excluding hydrogens is 118 g/mol. The van der Waals surface area contributed by atoms with Crippen molar-refractivity contribution in [1.29, 1.82) is 0 Å². The molecular formula is C8H16B2. The van der Waals surface area contributed by atoms with Crippen LogP contribution < -0.4 is 0 Å². The molecule has 2 atom stereocenters. The average molecular weight is 134 g/mol. The maximum atomic E-state index is 5.84. The highest BCUT2D eigenvalue weighted by Gasteiger charge is 2.17. The molecule has 0 aromatic rings. The van der Waals surface area contributed by atoms with Crippen molar-refractivity contribution in [1.82, 2.24) is 0 Å². The second-order valence-corrected chi connectivity index (χ2v) is 3.64. The second-order valence-electron chi connectivity index (χ2n) is 3.64. The first-order valence-corrected chi connectivity index (χ1v) is 3.98. The van der Waals surface area contributed by atoms with E-state index >= 15 is 0 Å². The lowest BCUT2D eigenvalue weighted by Crippen LogP contribution is -2.14. The molecule has 0 amide bonds. The molecule has 0 aliphatic carbocycles. The van der Waals surface area contributed by atoms with Gasteiger partial charge in [-0.05, 0) is 0 Å². The van der Waals surface area contributed by atoms with Crippen molar-refractivity contribution in [3.05, 3.63) is 0 Å². The highest BCUT2D eigenvalue weighted by atomic mass is 14.2. The molecule has 0 fully saturated rings. The molecule has 0 saturated carbocycles. The van der Waals surface area contributed by atoms with Gasteiger partial charge in [0.25, 0.3) is 0 Å². The Morgan fingerprint density at radius 3 is 1.00 bits per heavy atom. The summed E-state index contributed by atoms with van der Waals surface area (Å²) >= 11 is 0. The molecule has 0 nitrogen and oxygen atoms in total. The predicted molar refractivity (Wildman–Crippen MR) is 48.7 cm³/mol. The van der Waals surface area contributed by atoms with Crippen molar-refractivity contribution in [3.63, 3.8) is 0 Å². The monoisotopic (exact) mass is 134 g/mol. The molecule has 4 radical (unpaired) electrons. The van der Waals surface area contributed by atoms with Crippen LogP contribution in [0.1, 0.15) is 27.7 Å². The van der Waals surface area contributed by atoms with Crippen LogP contribution >= 0.6 is 0 Å². The fourth-order valence-electron chi connectivity index (χ4n) is 0.889. The van der Waals surface area contributed by atoms with Gasteiger partial charge < -0.3 is 0 Å². The first kappa shape index (κ1) is 10.1. The van der Waals surface area contributed by atoms with Gasteiger partial charge in [0.2, 0.25) is 0 Å². The van der Waals surface area contributed by atoms with E-state index in [4.69, 9.17) is 15.7 Å². The second kappa shape index (κ2) is 4.10. The Morgan fingerprint density at radius 2 is 0.900 bits per heavy atom. The zero-order chi connectivity index (χ0) is 8.31. The third-order valence-corrected chi connectivity index (χ3v) is 1.98. The number of hydrogen-bond acceptors (Lipinski definition) is 0. The summed E-state index contributed by atoms with van der Waals surface area (Å²) in [6.45, 7) is 8.42. The summed E-state index contributed by atoms with van der Waals surface area (Å²) in [7, 11) is 11.7. The van der Waals surface area contributed by atoms with Crippen LogP contribution in [-0.4, -0.2) is 15.7 Å². The van der Waals surface area contributed by atoms with Gasteiger partial charge in [0.15, 0.2) is 0 Å². The van der Waals surface area contributed by atoms with Gasteiger partial charge in [-0.1, -0.05) is 51.2 Å². The molecule has 54 valence electrons. The zero-order valence-corrected chi connectivity index (χ0v) is 7.46. The molecule has 0 aromatic carbocycles. The SMILES string of the molecule is [B]C(C(C)C)C([B])C(C)C. The molecule has 0 aliphatic rings. The van der Waals surface area contributed by atoms with E-state index in [-0.39, 0.29) is 11.6 Å². The van der Waals surface area contributed by atoms with Gasteiger partial charge in [-0.15, -0.1) is 0 Å². The van der Waals surface area contributed by atoms with E-state index in [2.05, 4.69) is 27.7 Å². The molecule has 10 heavy (non-hydrogen) atoms. The van der Waals surface area contributed by atoms with Crippen LogP contribution in [0.25, 0.3) is 0 Å². The lowest BCUT2D eigenvalue weighted by Gasteiger charge is -2.27. The largest absolute Gasteiger partial charge is 0.0798 e. The smallest absolute Gasteiger partial charge is 0.0696 e. The maximum absolute atomic E-state index is 5.84. The molecule has 0 saturated heterocycles. The van der Waals surface area contributed by atoms with Crippen LogP contribution in [0, 0.1) is 11.8 Å². The highest BCUT2D eigenvalue weighted by molar-refractivity contribution is 6.21.